The van der Waals surface area contributed by atoms with Gasteiger partial charge in [0.05, 0.1) is 5.60 Å². The molecule has 0 bridgehead atoms. The van der Waals surface area contributed by atoms with Gasteiger partial charge >= 0.3 is 0 Å². The summed E-state index contributed by atoms with van der Waals surface area (Å²) in [6.07, 6.45) is 1.50. The fraction of sp³-hybridized carbons (Fsp3) is 0.455. The second kappa shape index (κ2) is 5.27. The molecule has 0 aliphatic rings. The van der Waals surface area contributed by atoms with Gasteiger partial charge in [0.2, 0.25) is 0 Å². The summed E-state index contributed by atoms with van der Waals surface area (Å²) in [5.41, 5.74) is 0.110. The van der Waals surface area contributed by atoms with Gasteiger partial charge in [-0.1, -0.05) is 11.6 Å². The largest absolute Gasteiger partial charge is 0.377 e. The van der Waals surface area contributed by atoms with Crippen molar-refractivity contribution in [3.05, 3.63) is 29.0 Å². The van der Waals surface area contributed by atoms with Crippen molar-refractivity contribution in [2.45, 2.75) is 19.4 Å². The maximum atomic E-state index is 11.7. The Morgan fingerprint density at radius 1 is 1.62 bits per heavy atom. The van der Waals surface area contributed by atoms with Crippen LogP contribution in [0.2, 0.25) is 5.15 Å². The standard InChI is InChI=1S/C11H15ClN2O2/c1-11(2,16-3)7-14-10(15)8-4-5-13-9(12)6-8/h4-6H,7H2,1-3H3,(H,14,15). The number of halogens is 1. The van der Waals surface area contributed by atoms with Gasteiger partial charge in [0.25, 0.3) is 5.91 Å². The van der Waals surface area contributed by atoms with Crippen LogP contribution in [-0.4, -0.2) is 30.1 Å². The number of hydrogen-bond donors (Lipinski definition) is 1. The molecular weight excluding hydrogens is 228 g/mol. The molecule has 0 saturated carbocycles. The van der Waals surface area contributed by atoms with Gasteiger partial charge in [-0.3, -0.25) is 4.79 Å². The van der Waals surface area contributed by atoms with Gasteiger partial charge in [-0.25, -0.2) is 4.98 Å². The molecule has 0 radical (unpaired) electrons. The minimum atomic E-state index is -0.382. The van der Waals surface area contributed by atoms with Crippen molar-refractivity contribution in [3.8, 4) is 0 Å². The molecule has 1 heterocycles. The van der Waals surface area contributed by atoms with Gasteiger partial charge in [-0.05, 0) is 26.0 Å². The molecule has 0 aliphatic heterocycles. The molecule has 1 rings (SSSR count). The highest BCUT2D eigenvalue weighted by molar-refractivity contribution is 6.29. The van der Waals surface area contributed by atoms with Crippen LogP contribution in [0.25, 0.3) is 0 Å². The third-order valence-corrected chi connectivity index (χ3v) is 2.42. The molecule has 5 heteroatoms. The van der Waals surface area contributed by atoms with Crippen LogP contribution < -0.4 is 5.32 Å². The first-order valence-corrected chi connectivity index (χ1v) is 5.27. The molecule has 0 unspecified atom stereocenters. The van der Waals surface area contributed by atoms with Crippen molar-refractivity contribution in [1.29, 1.82) is 0 Å². The molecule has 0 aromatic carbocycles. The highest BCUT2D eigenvalue weighted by Gasteiger charge is 2.17. The zero-order valence-corrected chi connectivity index (χ0v) is 10.3. The molecular formula is C11H15ClN2O2. The lowest BCUT2D eigenvalue weighted by molar-refractivity contribution is 0.0229. The fourth-order valence-electron chi connectivity index (χ4n) is 1.01. The molecule has 4 nitrogen and oxygen atoms in total. The normalized spacial score (nSPS) is 11.2. The first kappa shape index (κ1) is 12.9. The van der Waals surface area contributed by atoms with Crippen LogP contribution in [0.5, 0.6) is 0 Å². The third kappa shape index (κ3) is 3.79. The average molecular weight is 243 g/mol. The Balaban J connectivity index is 2.60. The summed E-state index contributed by atoms with van der Waals surface area (Å²) in [5, 5.41) is 3.07. The SMILES string of the molecule is COC(C)(C)CNC(=O)c1ccnc(Cl)c1. The highest BCUT2D eigenvalue weighted by Crippen LogP contribution is 2.08. The van der Waals surface area contributed by atoms with Crippen molar-refractivity contribution in [2.24, 2.45) is 0 Å². The summed E-state index contributed by atoms with van der Waals surface area (Å²) in [4.78, 5) is 15.5. The van der Waals surface area contributed by atoms with E-state index in [4.69, 9.17) is 16.3 Å². The third-order valence-electron chi connectivity index (χ3n) is 2.22. The van der Waals surface area contributed by atoms with E-state index in [1.54, 1.807) is 13.2 Å². The van der Waals surface area contributed by atoms with E-state index >= 15 is 0 Å². The molecule has 1 amide bonds. The lowest BCUT2D eigenvalue weighted by Gasteiger charge is -2.23. The molecule has 1 N–H and O–H groups in total. The van der Waals surface area contributed by atoms with Crippen LogP contribution in [0.4, 0.5) is 0 Å². The predicted molar refractivity (Wildman–Crippen MR) is 62.7 cm³/mol. The van der Waals surface area contributed by atoms with Gasteiger partial charge in [-0.2, -0.15) is 0 Å². The maximum absolute atomic E-state index is 11.7. The van der Waals surface area contributed by atoms with E-state index in [1.165, 1.54) is 12.3 Å². The highest BCUT2D eigenvalue weighted by atomic mass is 35.5. The number of carbonyl (C=O) groups excluding carboxylic acids is 1. The molecule has 0 spiro atoms. The zero-order chi connectivity index (χ0) is 12.2. The Labute approximate surface area is 100.0 Å². The number of methoxy groups -OCH3 is 1. The van der Waals surface area contributed by atoms with Gasteiger partial charge in [0.1, 0.15) is 5.15 Å². The lowest BCUT2D eigenvalue weighted by atomic mass is 10.1. The first-order valence-electron chi connectivity index (χ1n) is 4.89. The molecule has 1 aromatic rings. The maximum Gasteiger partial charge on any atom is 0.251 e. The average Bonchev–Trinajstić information content (AvgIpc) is 2.26. The smallest absolute Gasteiger partial charge is 0.251 e. The number of hydrogen-bond acceptors (Lipinski definition) is 3. The Kier molecular flexibility index (Phi) is 4.26. The van der Waals surface area contributed by atoms with Gasteiger partial charge in [0, 0.05) is 25.4 Å². The summed E-state index contributed by atoms with van der Waals surface area (Å²) < 4.78 is 5.19. The van der Waals surface area contributed by atoms with Crippen molar-refractivity contribution >= 4 is 17.5 Å². The fourth-order valence-corrected chi connectivity index (χ4v) is 1.18. The Morgan fingerprint density at radius 3 is 2.88 bits per heavy atom. The quantitative estimate of drug-likeness (QED) is 0.821. The van der Waals surface area contributed by atoms with E-state index in [1.807, 2.05) is 13.8 Å². The van der Waals surface area contributed by atoms with Crippen LogP contribution in [0, 0.1) is 0 Å². The van der Waals surface area contributed by atoms with Crippen LogP contribution in [0.1, 0.15) is 24.2 Å². The molecule has 16 heavy (non-hydrogen) atoms. The van der Waals surface area contributed by atoms with Crippen molar-refractivity contribution in [3.63, 3.8) is 0 Å². The van der Waals surface area contributed by atoms with Gasteiger partial charge in [-0.15, -0.1) is 0 Å². The molecule has 1 aromatic heterocycles. The van der Waals surface area contributed by atoms with Crippen molar-refractivity contribution in [1.82, 2.24) is 10.3 Å². The Morgan fingerprint density at radius 2 is 2.31 bits per heavy atom. The monoisotopic (exact) mass is 242 g/mol. The number of aromatic nitrogens is 1. The van der Waals surface area contributed by atoms with E-state index in [2.05, 4.69) is 10.3 Å². The van der Waals surface area contributed by atoms with Crippen LogP contribution in [0.15, 0.2) is 18.3 Å². The number of amides is 1. The lowest BCUT2D eigenvalue weighted by Crippen LogP contribution is -2.39. The van der Waals surface area contributed by atoms with Crippen molar-refractivity contribution in [2.75, 3.05) is 13.7 Å². The second-order valence-corrected chi connectivity index (χ2v) is 4.40. The number of ether oxygens (including phenoxy) is 1. The van der Waals surface area contributed by atoms with Gasteiger partial charge < -0.3 is 10.1 Å². The number of nitrogens with zero attached hydrogens (tertiary/aromatic N) is 1. The minimum Gasteiger partial charge on any atom is -0.377 e. The van der Waals surface area contributed by atoms with E-state index < -0.39 is 0 Å². The number of carbonyl (C=O) groups is 1. The summed E-state index contributed by atoms with van der Waals surface area (Å²) in [6.45, 7) is 4.22. The summed E-state index contributed by atoms with van der Waals surface area (Å²) >= 11 is 5.69. The summed E-state index contributed by atoms with van der Waals surface area (Å²) in [7, 11) is 1.61. The Hall–Kier alpha value is -1.13. The zero-order valence-electron chi connectivity index (χ0n) is 9.58. The Bertz CT molecular complexity index is 380. The van der Waals surface area contributed by atoms with Crippen molar-refractivity contribution < 1.29 is 9.53 Å². The van der Waals surface area contributed by atoms with Crippen LogP contribution >= 0.6 is 11.6 Å². The molecule has 0 fully saturated rings. The summed E-state index contributed by atoms with van der Waals surface area (Å²) in [6, 6.07) is 3.14. The molecule has 0 saturated heterocycles. The molecule has 0 atom stereocenters. The van der Waals surface area contributed by atoms with E-state index in [9.17, 15) is 4.79 Å². The number of rotatable bonds is 4. The molecule has 0 aliphatic carbocycles. The summed E-state index contributed by atoms with van der Waals surface area (Å²) in [5.74, 6) is -0.186. The van der Waals surface area contributed by atoms with E-state index in [-0.39, 0.29) is 11.5 Å². The number of nitrogens with one attached hydrogen (secondary N) is 1. The van der Waals surface area contributed by atoms with E-state index in [0.29, 0.717) is 17.3 Å². The van der Waals surface area contributed by atoms with Crippen LogP contribution in [0.3, 0.4) is 0 Å². The van der Waals surface area contributed by atoms with Gasteiger partial charge in [0.15, 0.2) is 0 Å². The van der Waals surface area contributed by atoms with E-state index in [0.717, 1.165) is 0 Å². The molecule has 88 valence electrons. The van der Waals surface area contributed by atoms with Crippen LogP contribution in [-0.2, 0) is 4.74 Å². The number of pyridine rings is 1. The predicted octanol–water partition coefficient (Wildman–Crippen LogP) is 1.89. The first-order chi connectivity index (χ1) is 7.44. The second-order valence-electron chi connectivity index (χ2n) is 4.01. The topological polar surface area (TPSA) is 51.2 Å². The minimum absolute atomic E-state index is 0.186.